The minimum atomic E-state index is -0.164. The molecule has 1 atom stereocenters. The van der Waals surface area contributed by atoms with Crippen LogP contribution in [0.5, 0.6) is 0 Å². The lowest BCUT2D eigenvalue weighted by Crippen LogP contribution is -2.57. The minimum absolute atomic E-state index is 0.117. The number of hydrogen-bond acceptors (Lipinski definition) is 4. The molecule has 6 heteroatoms. The van der Waals surface area contributed by atoms with Crippen LogP contribution in [0.4, 0.5) is 0 Å². The molecule has 2 bridgehead atoms. The van der Waals surface area contributed by atoms with Crippen molar-refractivity contribution in [1.29, 1.82) is 0 Å². The van der Waals surface area contributed by atoms with Gasteiger partial charge in [0.05, 0.1) is 5.56 Å². The van der Waals surface area contributed by atoms with Crippen molar-refractivity contribution in [2.24, 2.45) is 5.92 Å². The third kappa shape index (κ3) is 4.12. The number of benzene rings is 1. The van der Waals surface area contributed by atoms with Crippen molar-refractivity contribution in [1.82, 2.24) is 14.8 Å². The van der Waals surface area contributed by atoms with E-state index in [0.29, 0.717) is 11.5 Å². The van der Waals surface area contributed by atoms with E-state index in [2.05, 4.69) is 29.3 Å². The average Bonchev–Trinajstić information content (AvgIpc) is 2.82. The molecule has 0 spiro atoms. The zero-order valence-corrected chi connectivity index (χ0v) is 19.0. The molecule has 1 aliphatic carbocycles. The van der Waals surface area contributed by atoms with Gasteiger partial charge in [-0.05, 0) is 68.1 Å². The lowest BCUT2D eigenvalue weighted by Gasteiger charge is -2.44. The SMILES string of the molecule is CC1=CCC(=S)C(c2ccc(-n3cc(C(=O)NC4CN5CCC4CC5)ccc3=O)cc2)=C1. The Morgan fingerprint density at radius 3 is 2.53 bits per heavy atom. The number of nitrogens with one attached hydrogen (secondary N) is 1. The summed E-state index contributed by atoms with van der Waals surface area (Å²) in [6, 6.07) is 11.1. The molecule has 2 aromatic rings. The summed E-state index contributed by atoms with van der Waals surface area (Å²) in [7, 11) is 0. The Labute approximate surface area is 193 Å². The Morgan fingerprint density at radius 1 is 1.09 bits per heavy atom. The highest BCUT2D eigenvalue weighted by Crippen LogP contribution is 2.28. The van der Waals surface area contributed by atoms with Gasteiger partial charge in [-0.2, -0.15) is 0 Å². The first-order chi connectivity index (χ1) is 15.5. The zero-order valence-electron chi connectivity index (χ0n) is 18.2. The summed E-state index contributed by atoms with van der Waals surface area (Å²) in [5, 5.41) is 3.20. The van der Waals surface area contributed by atoms with E-state index in [4.69, 9.17) is 12.2 Å². The van der Waals surface area contributed by atoms with Crippen molar-refractivity contribution in [2.75, 3.05) is 19.6 Å². The second kappa shape index (κ2) is 8.60. The van der Waals surface area contributed by atoms with Gasteiger partial charge in [-0.3, -0.25) is 14.2 Å². The fraction of sp³-hybridized carbons (Fsp3) is 0.346. The van der Waals surface area contributed by atoms with Gasteiger partial charge in [0, 0.05) is 41.8 Å². The van der Waals surface area contributed by atoms with Crippen molar-refractivity contribution in [2.45, 2.75) is 32.2 Å². The molecule has 5 nitrogen and oxygen atoms in total. The van der Waals surface area contributed by atoms with Gasteiger partial charge in [-0.25, -0.2) is 0 Å². The van der Waals surface area contributed by atoms with Crippen LogP contribution < -0.4 is 10.9 Å². The maximum absolute atomic E-state index is 12.9. The number of carbonyl (C=O) groups excluding carboxylic acids is 1. The number of hydrogen-bond donors (Lipinski definition) is 1. The summed E-state index contributed by atoms with van der Waals surface area (Å²) in [6.07, 6.45) is 8.95. The number of thiocarbonyl (C=S) groups is 1. The van der Waals surface area contributed by atoms with E-state index in [9.17, 15) is 9.59 Å². The lowest BCUT2D eigenvalue weighted by atomic mass is 9.84. The number of rotatable bonds is 4. The maximum atomic E-state index is 12.9. The standard InChI is InChI=1S/C26H27N3O2S/c1-17-2-8-24(32)22(14-17)18-3-6-21(7-4-18)29-15-20(5-9-25(29)30)26(31)27-23-16-28-12-10-19(23)11-13-28/h2-7,9,14-15,19,23H,8,10-13,16H2,1H3,(H,27,31). The predicted octanol–water partition coefficient (Wildman–Crippen LogP) is 3.76. The molecule has 1 unspecified atom stereocenters. The van der Waals surface area contributed by atoms with E-state index in [1.165, 1.54) is 16.2 Å². The van der Waals surface area contributed by atoms with Gasteiger partial charge in [0.25, 0.3) is 11.5 Å². The van der Waals surface area contributed by atoms with E-state index in [-0.39, 0.29) is 17.5 Å². The Kier molecular flexibility index (Phi) is 5.66. The van der Waals surface area contributed by atoms with E-state index < -0.39 is 0 Å². The van der Waals surface area contributed by atoms with E-state index in [0.717, 1.165) is 60.6 Å². The number of piperidine rings is 3. The Balaban J connectivity index is 1.37. The van der Waals surface area contributed by atoms with Crippen LogP contribution in [0.25, 0.3) is 11.3 Å². The summed E-state index contributed by atoms with van der Waals surface area (Å²) in [4.78, 5) is 28.8. The molecule has 6 rings (SSSR count). The number of nitrogens with zero attached hydrogens (tertiary/aromatic N) is 2. The van der Waals surface area contributed by atoms with Gasteiger partial charge in [0.2, 0.25) is 0 Å². The largest absolute Gasteiger partial charge is 0.348 e. The van der Waals surface area contributed by atoms with E-state index >= 15 is 0 Å². The van der Waals surface area contributed by atoms with Crippen molar-refractivity contribution in [3.8, 4) is 5.69 Å². The fourth-order valence-corrected chi connectivity index (χ4v) is 5.24. The number of amides is 1. The maximum Gasteiger partial charge on any atom is 0.255 e. The Morgan fingerprint density at radius 2 is 1.84 bits per heavy atom. The summed E-state index contributed by atoms with van der Waals surface area (Å²) < 4.78 is 1.54. The van der Waals surface area contributed by atoms with Crippen LogP contribution in [0, 0.1) is 5.92 Å². The van der Waals surface area contributed by atoms with Crippen LogP contribution in [-0.4, -0.2) is 45.9 Å². The van der Waals surface area contributed by atoms with Crippen LogP contribution in [0.1, 0.15) is 42.1 Å². The third-order valence-electron chi connectivity index (χ3n) is 6.88. The molecule has 3 fully saturated rings. The Bertz CT molecular complexity index is 1180. The topological polar surface area (TPSA) is 54.3 Å². The average molecular weight is 446 g/mol. The molecule has 3 saturated heterocycles. The molecule has 164 valence electrons. The third-order valence-corrected chi connectivity index (χ3v) is 7.27. The lowest BCUT2D eigenvalue weighted by molar-refractivity contribution is 0.0620. The molecule has 0 saturated carbocycles. The highest BCUT2D eigenvalue weighted by Gasteiger charge is 2.35. The summed E-state index contributed by atoms with van der Waals surface area (Å²) in [6.45, 7) is 5.26. The highest BCUT2D eigenvalue weighted by molar-refractivity contribution is 7.81. The normalized spacial score (nSPS) is 24.7. The molecule has 4 aliphatic rings. The van der Waals surface area contributed by atoms with Gasteiger partial charge < -0.3 is 10.2 Å². The second-order valence-electron chi connectivity index (χ2n) is 9.02. The number of pyridine rings is 1. The van der Waals surface area contributed by atoms with Crippen molar-refractivity contribution < 1.29 is 4.79 Å². The monoisotopic (exact) mass is 445 g/mol. The fourth-order valence-electron chi connectivity index (χ4n) is 4.98. The van der Waals surface area contributed by atoms with Gasteiger partial charge >= 0.3 is 0 Å². The molecular formula is C26H27N3O2S. The molecule has 1 amide bonds. The second-order valence-corrected chi connectivity index (χ2v) is 9.52. The van der Waals surface area contributed by atoms with Crippen molar-refractivity contribution in [3.63, 3.8) is 0 Å². The molecule has 0 radical (unpaired) electrons. The summed E-state index contributed by atoms with van der Waals surface area (Å²) >= 11 is 5.53. The Hall–Kier alpha value is -2.83. The van der Waals surface area contributed by atoms with Crippen LogP contribution in [0.3, 0.4) is 0 Å². The molecule has 1 aromatic carbocycles. The first-order valence-corrected chi connectivity index (χ1v) is 11.7. The molecule has 32 heavy (non-hydrogen) atoms. The number of aromatic nitrogens is 1. The van der Waals surface area contributed by atoms with Crippen LogP contribution in [-0.2, 0) is 0 Å². The van der Waals surface area contributed by atoms with Gasteiger partial charge in [-0.1, -0.05) is 42.1 Å². The highest BCUT2D eigenvalue weighted by atomic mass is 32.1. The summed E-state index contributed by atoms with van der Waals surface area (Å²) in [5.74, 6) is 0.440. The number of allylic oxidation sites excluding steroid dienone is 4. The first-order valence-electron chi connectivity index (χ1n) is 11.3. The molecule has 1 aromatic heterocycles. The molecule has 1 N–H and O–H groups in total. The van der Waals surface area contributed by atoms with Crippen LogP contribution >= 0.6 is 12.2 Å². The van der Waals surface area contributed by atoms with Crippen molar-refractivity contribution in [3.05, 3.63) is 81.8 Å². The van der Waals surface area contributed by atoms with Gasteiger partial charge in [0.1, 0.15) is 0 Å². The first kappa shape index (κ1) is 21.0. The van der Waals surface area contributed by atoms with Crippen molar-refractivity contribution >= 4 is 28.6 Å². The zero-order chi connectivity index (χ0) is 22.2. The minimum Gasteiger partial charge on any atom is -0.348 e. The van der Waals surface area contributed by atoms with Gasteiger partial charge in [0.15, 0.2) is 0 Å². The number of fused-ring (bicyclic) bond motifs is 3. The smallest absolute Gasteiger partial charge is 0.255 e. The van der Waals surface area contributed by atoms with Gasteiger partial charge in [-0.15, -0.1) is 0 Å². The molecular weight excluding hydrogens is 418 g/mol. The van der Waals surface area contributed by atoms with E-state index in [1.54, 1.807) is 12.3 Å². The quantitative estimate of drug-likeness (QED) is 0.728. The molecule has 3 aliphatic heterocycles. The van der Waals surface area contributed by atoms with Crippen LogP contribution in [0.2, 0.25) is 0 Å². The number of carbonyl (C=O) groups is 1. The molecule has 4 heterocycles. The summed E-state index contributed by atoms with van der Waals surface area (Å²) in [5.41, 5.74) is 4.37. The van der Waals surface area contributed by atoms with E-state index in [1.807, 2.05) is 24.3 Å². The van der Waals surface area contributed by atoms with Crippen LogP contribution in [0.15, 0.2) is 65.1 Å². The predicted molar refractivity (Wildman–Crippen MR) is 131 cm³/mol.